The van der Waals surface area contributed by atoms with E-state index in [2.05, 4.69) is 6.92 Å². The number of likely N-dealkylation sites (tertiary alicyclic amines) is 1. The number of hydrogen-bond acceptors (Lipinski definition) is 4. The van der Waals surface area contributed by atoms with Crippen molar-refractivity contribution in [1.29, 1.82) is 0 Å². The average Bonchev–Trinajstić information content (AvgIpc) is 2.90. The second kappa shape index (κ2) is 5.82. The van der Waals surface area contributed by atoms with E-state index in [-0.39, 0.29) is 18.1 Å². The van der Waals surface area contributed by atoms with Crippen molar-refractivity contribution in [3.8, 4) is 0 Å². The molecule has 0 aromatic carbocycles. The number of thiophene rings is 1. The summed E-state index contributed by atoms with van der Waals surface area (Å²) in [6.45, 7) is 2.79. The summed E-state index contributed by atoms with van der Waals surface area (Å²) in [5.74, 6) is 0.0273. The Kier molecular flexibility index (Phi) is 4.37. The number of carbonyl (C=O) groups excluding carboxylic acids is 1. The van der Waals surface area contributed by atoms with Gasteiger partial charge in [-0.3, -0.25) is 4.79 Å². The first-order valence-electron chi connectivity index (χ1n) is 6.25. The largest absolute Gasteiger partial charge is 0.381 e. The van der Waals surface area contributed by atoms with Crippen molar-refractivity contribution in [3.63, 3.8) is 0 Å². The lowest BCUT2D eigenvalue weighted by molar-refractivity contribution is -0.138. The summed E-state index contributed by atoms with van der Waals surface area (Å²) in [6, 6.07) is 3.52. The van der Waals surface area contributed by atoms with E-state index in [1.165, 1.54) is 11.3 Å². The molecule has 1 aromatic heterocycles. The number of amides is 1. The number of piperidine rings is 1. The van der Waals surface area contributed by atoms with Crippen LogP contribution in [0.25, 0.3) is 0 Å². The summed E-state index contributed by atoms with van der Waals surface area (Å²) in [6.07, 6.45) is 2.05. The molecule has 0 radical (unpaired) electrons. The van der Waals surface area contributed by atoms with Gasteiger partial charge in [0.2, 0.25) is 5.91 Å². The van der Waals surface area contributed by atoms with E-state index in [0.717, 1.165) is 24.3 Å². The van der Waals surface area contributed by atoms with Crippen molar-refractivity contribution in [3.05, 3.63) is 22.4 Å². The van der Waals surface area contributed by atoms with E-state index in [1.807, 2.05) is 22.4 Å². The number of hydrogen-bond donors (Lipinski definition) is 1. The zero-order chi connectivity index (χ0) is 13.1. The molecule has 1 fully saturated rings. The van der Waals surface area contributed by atoms with Crippen LogP contribution >= 0.6 is 11.3 Å². The van der Waals surface area contributed by atoms with Crippen LogP contribution in [0.15, 0.2) is 17.5 Å². The van der Waals surface area contributed by atoms with E-state index < -0.39 is 6.04 Å². The number of nitrogens with two attached hydrogens (primary N) is 1. The molecule has 3 atom stereocenters. The molecule has 1 aromatic rings. The number of nitrogens with zero attached hydrogens (tertiary/aromatic N) is 1. The lowest BCUT2D eigenvalue weighted by atomic mass is 9.99. The molecule has 2 N–H and O–H groups in total. The molecular weight excluding hydrogens is 248 g/mol. The second-order valence-corrected chi connectivity index (χ2v) is 5.74. The van der Waals surface area contributed by atoms with Crippen LogP contribution in [0.1, 0.15) is 30.7 Å². The van der Waals surface area contributed by atoms with Gasteiger partial charge in [-0.15, -0.1) is 11.3 Å². The molecule has 5 heteroatoms. The third-order valence-corrected chi connectivity index (χ3v) is 4.52. The fourth-order valence-electron chi connectivity index (χ4n) is 2.44. The Morgan fingerprint density at radius 1 is 1.67 bits per heavy atom. The molecule has 1 amide bonds. The SMILES string of the molecule is COC1CCN(C(=O)C(N)c2cccs2)C(C)C1. The van der Waals surface area contributed by atoms with E-state index >= 15 is 0 Å². The summed E-state index contributed by atoms with van der Waals surface area (Å²) in [7, 11) is 1.73. The van der Waals surface area contributed by atoms with E-state index in [4.69, 9.17) is 10.5 Å². The molecule has 1 saturated heterocycles. The van der Waals surface area contributed by atoms with Gasteiger partial charge in [0.1, 0.15) is 6.04 Å². The summed E-state index contributed by atoms with van der Waals surface area (Å²) in [5.41, 5.74) is 6.03. The van der Waals surface area contributed by atoms with Gasteiger partial charge in [0.25, 0.3) is 0 Å². The van der Waals surface area contributed by atoms with Gasteiger partial charge in [-0.1, -0.05) is 6.07 Å². The van der Waals surface area contributed by atoms with Crippen LogP contribution in [-0.4, -0.2) is 36.6 Å². The lowest BCUT2D eigenvalue weighted by Crippen LogP contribution is -2.49. The van der Waals surface area contributed by atoms with Crippen LogP contribution in [0.4, 0.5) is 0 Å². The Bertz CT molecular complexity index is 394. The third kappa shape index (κ3) is 2.74. The number of rotatable bonds is 3. The van der Waals surface area contributed by atoms with Gasteiger partial charge in [-0.25, -0.2) is 0 Å². The predicted molar refractivity (Wildman–Crippen MR) is 72.5 cm³/mol. The normalized spacial score (nSPS) is 26.1. The Balaban J connectivity index is 2.01. The molecular formula is C13H20N2O2S. The van der Waals surface area contributed by atoms with Crippen molar-refractivity contribution < 1.29 is 9.53 Å². The molecule has 4 nitrogen and oxygen atoms in total. The van der Waals surface area contributed by atoms with Gasteiger partial charge in [-0.2, -0.15) is 0 Å². The third-order valence-electron chi connectivity index (χ3n) is 3.56. The maximum absolute atomic E-state index is 12.4. The summed E-state index contributed by atoms with van der Waals surface area (Å²) in [5, 5.41) is 1.95. The van der Waals surface area contributed by atoms with Crippen molar-refractivity contribution in [2.75, 3.05) is 13.7 Å². The van der Waals surface area contributed by atoms with Crippen molar-refractivity contribution in [1.82, 2.24) is 4.90 Å². The van der Waals surface area contributed by atoms with E-state index in [0.29, 0.717) is 0 Å². The molecule has 0 saturated carbocycles. The first-order chi connectivity index (χ1) is 8.63. The van der Waals surface area contributed by atoms with Crippen LogP contribution in [0, 0.1) is 0 Å². The van der Waals surface area contributed by atoms with Crippen LogP contribution < -0.4 is 5.73 Å². The van der Waals surface area contributed by atoms with Crippen LogP contribution in [0.2, 0.25) is 0 Å². The molecule has 100 valence electrons. The minimum absolute atomic E-state index is 0.0273. The highest BCUT2D eigenvalue weighted by molar-refractivity contribution is 7.10. The van der Waals surface area contributed by atoms with Gasteiger partial charge in [0.05, 0.1) is 6.10 Å². The van der Waals surface area contributed by atoms with Crippen molar-refractivity contribution >= 4 is 17.2 Å². The van der Waals surface area contributed by atoms with Crippen LogP contribution in [0.3, 0.4) is 0 Å². The van der Waals surface area contributed by atoms with Gasteiger partial charge in [0.15, 0.2) is 0 Å². The van der Waals surface area contributed by atoms with Crippen molar-refractivity contribution in [2.45, 2.75) is 38.0 Å². The molecule has 1 aliphatic rings. The van der Waals surface area contributed by atoms with Gasteiger partial charge in [0, 0.05) is 24.6 Å². The number of carbonyl (C=O) groups is 1. The zero-order valence-electron chi connectivity index (χ0n) is 10.8. The maximum atomic E-state index is 12.4. The molecule has 0 spiro atoms. The topological polar surface area (TPSA) is 55.6 Å². The maximum Gasteiger partial charge on any atom is 0.245 e. The highest BCUT2D eigenvalue weighted by Gasteiger charge is 2.32. The highest BCUT2D eigenvalue weighted by Crippen LogP contribution is 2.24. The number of methoxy groups -OCH3 is 1. The second-order valence-electron chi connectivity index (χ2n) is 4.76. The van der Waals surface area contributed by atoms with Crippen LogP contribution in [0.5, 0.6) is 0 Å². The highest BCUT2D eigenvalue weighted by atomic mass is 32.1. The average molecular weight is 268 g/mol. The lowest BCUT2D eigenvalue weighted by Gasteiger charge is -2.38. The molecule has 2 heterocycles. The minimum atomic E-state index is -0.522. The fourth-order valence-corrected chi connectivity index (χ4v) is 3.16. The molecule has 0 aliphatic carbocycles. The van der Waals surface area contributed by atoms with Gasteiger partial charge in [-0.05, 0) is 31.2 Å². The Morgan fingerprint density at radius 2 is 2.44 bits per heavy atom. The Labute approximate surface area is 112 Å². The van der Waals surface area contributed by atoms with Gasteiger partial charge < -0.3 is 15.4 Å². The summed E-state index contributed by atoms with van der Waals surface area (Å²) in [4.78, 5) is 15.2. The molecule has 2 rings (SSSR count). The van der Waals surface area contributed by atoms with Crippen molar-refractivity contribution in [2.24, 2.45) is 5.73 Å². The minimum Gasteiger partial charge on any atom is -0.381 e. The first-order valence-corrected chi connectivity index (χ1v) is 7.13. The predicted octanol–water partition coefficient (Wildman–Crippen LogP) is 1.77. The summed E-state index contributed by atoms with van der Waals surface area (Å²) >= 11 is 1.53. The Morgan fingerprint density at radius 3 is 3.00 bits per heavy atom. The standard InChI is InChI=1S/C13H20N2O2S/c1-9-8-10(17-2)5-6-15(9)13(16)12(14)11-4-3-7-18-11/h3-4,7,9-10,12H,5-6,8,14H2,1-2H3. The first kappa shape index (κ1) is 13.5. The Hall–Kier alpha value is -0.910. The van der Waals surface area contributed by atoms with Gasteiger partial charge >= 0.3 is 0 Å². The summed E-state index contributed by atoms with van der Waals surface area (Å²) < 4.78 is 5.36. The quantitative estimate of drug-likeness (QED) is 0.909. The van der Waals surface area contributed by atoms with E-state index in [9.17, 15) is 4.79 Å². The monoisotopic (exact) mass is 268 g/mol. The molecule has 0 bridgehead atoms. The molecule has 18 heavy (non-hydrogen) atoms. The zero-order valence-corrected chi connectivity index (χ0v) is 11.7. The van der Waals surface area contributed by atoms with Crippen LogP contribution in [-0.2, 0) is 9.53 Å². The fraction of sp³-hybridized carbons (Fsp3) is 0.615. The van der Waals surface area contributed by atoms with E-state index in [1.54, 1.807) is 7.11 Å². The smallest absolute Gasteiger partial charge is 0.245 e. The molecule has 1 aliphatic heterocycles. The molecule has 3 unspecified atom stereocenters. The number of ether oxygens (including phenoxy) is 1.